The van der Waals surface area contributed by atoms with Crippen molar-refractivity contribution in [1.29, 1.82) is 5.26 Å². The normalized spacial score (nSPS) is 10.7. The number of nitrogens with zero attached hydrogens (tertiary/aromatic N) is 3. The summed E-state index contributed by atoms with van der Waals surface area (Å²) >= 11 is 0. The summed E-state index contributed by atoms with van der Waals surface area (Å²) in [6, 6.07) is 17.2. The largest absolute Gasteiger partial charge is 0.461 e. The third-order valence-electron chi connectivity index (χ3n) is 3.27. The molecule has 0 aliphatic rings. The second kappa shape index (κ2) is 8.41. The van der Waals surface area contributed by atoms with Gasteiger partial charge in [-0.1, -0.05) is 35.9 Å². The monoisotopic (exact) mass is 335 g/mol. The van der Waals surface area contributed by atoms with E-state index in [-0.39, 0.29) is 6.61 Å². The zero-order valence-corrected chi connectivity index (χ0v) is 14.0. The highest BCUT2D eigenvalue weighted by molar-refractivity contribution is 6.43. The smallest absolute Gasteiger partial charge is 0.369 e. The molecule has 0 atom stereocenters. The molecule has 0 bridgehead atoms. The molecule has 6 heteroatoms. The highest BCUT2D eigenvalue weighted by Crippen LogP contribution is 2.19. The number of anilines is 1. The average molecular weight is 335 g/mol. The van der Waals surface area contributed by atoms with E-state index in [0.29, 0.717) is 11.3 Å². The SMILES string of the molecule is CCOC(=O)/C(C#N)=N/N(C(=O)c1ccccc1)c1ccc(C)cc1. The molecule has 2 aromatic rings. The second-order valence-corrected chi connectivity index (χ2v) is 5.10. The summed E-state index contributed by atoms with van der Waals surface area (Å²) < 4.78 is 4.81. The number of esters is 1. The Morgan fingerprint density at radius 3 is 2.32 bits per heavy atom. The van der Waals surface area contributed by atoms with Gasteiger partial charge in [0, 0.05) is 5.56 Å². The van der Waals surface area contributed by atoms with Crippen LogP contribution in [0.5, 0.6) is 0 Å². The van der Waals surface area contributed by atoms with Crippen LogP contribution in [0.3, 0.4) is 0 Å². The Bertz CT molecular complexity index is 821. The maximum absolute atomic E-state index is 12.8. The molecule has 2 rings (SSSR count). The minimum Gasteiger partial charge on any atom is -0.461 e. The van der Waals surface area contributed by atoms with E-state index in [1.54, 1.807) is 55.5 Å². The Hall–Kier alpha value is -3.46. The van der Waals surface area contributed by atoms with Crippen LogP contribution in [0, 0.1) is 18.3 Å². The number of carbonyl (C=O) groups excluding carboxylic acids is 2. The fraction of sp³-hybridized carbons (Fsp3) is 0.158. The molecule has 0 spiro atoms. The van der Waals surface area contributed by atoms with Gasteiger partial charge in [-0.05, 0) is 38.1 Å². The number of hydrogen-bond donors (Lipinski definition) is 0. The Morgan fingerprint density at radius 1 is 1.12 bits per heavy atom. The molecule has 0 aliphatic carbocycles. The highest BCUT2D eigenvalue weighted by Gasteiger charge is 2.21. The fourth-order valence-corrected chi connectivity index (χ4v) is 2.02. The molecule has 2 aromatic carbocycles. The lowest BCUT2D eigenvalue weighted by Gasteiger charge is -2.18. The predicted octanol–water partition coefficient (Wildman–Crippen LogP) is 3.08. The summed E-state index contributed by atoms with van der Waals surface area (Å²) in [4.78, 5) is 24.7. The van der Waals surface area contributed by atoms with E-state index in [9.17, 15) is 14.9 Å². The van der Waals surface area contributed by atoms with E-state index < -0.39 is 17.6 Å². The van der Waals surface area contributed by atoms with Crippen molar-refractivity contribution in [3.05, 3.63) is 65.7 Å². The molecule has 0 aromatic heterocycles. The molecule has 0 saturated heterocycles. The molecule has 0 fully saturated rings. The van der Waals surface area contributed by atoms with E-state index in [2.05, 4.69) is 5.10 Å². The van der Waals surface area contributed by atoms with Gasteiger partial charge in [-0.25, -0.2) is 4.79 Å². The second-order valence-electron chi connectivity index (χ2n) is 5.10. The molecule has 0 aliphatic heterocycles. The van der Waals surface area contributed by atoms with Gasteiger partial charge >= 0.3 is 5.97 Å². The van der Waals surface area contributed by atoms with Crippen LogP contribution in [0.4, 0.5) is 5.69 Å². The lowest BCUT2D eigenvalue weighted by molar-refractivity contribution is -0.134. The van der Waals surface area contributed by atoms with Crippen LogP contribution in [0.2, 0.25) is 0 Å². The average Bonchev–Trinajstić information content (AvgIpc) is 2.64. The van der Waals surface area contributed by atoms with Crippen LogP contribution in [0.25, 0.3) is 0 Å². The maximum Gasteiger partial charge on any atom is 0.369 e. The van der Waals surface area contributed by atoms with Gasteiger partial charge in [-0.2, -0.15) is 10.3 Å². The standard InChI is InChI=1S/C19H17N3O3/c1-3-25-19(24)17(13-20)21-22(16-11-9-14(2)10-12-16)18(23)15-7-5-4-6-8-15/h4-12H,3H2,1-2H3/b21-17+. The number of nitriles is 1. The van der Waals surface area contributed by atoms with Gasteiger partial charge < -0.3 is 4.74 Å². The van der Waals surface area contributed by atoms with Crippen molar-refractivity contribution >= 4 is 23.3 Å². The zero-order chi connectivity index (χ0) is 18.2. The number of carbonyl (C=O) groups is 2. The third kappa shape index (κ3) is 4.52. The number of hydrazone groups is 1. The third-order valence-corrected chi connectivity index (χ3v) is 3.27. The van der Waals surface area contributed by atoms with Gasteiger partial charge in [-0.3, -0.25) is 4.79 Å². The van der Waals surface area contributed by atoms with Crippen molar-refractivity contribution in [3.8, 4) is 6.07 Å². The van der Waals surface area contributed by atoms with Crippen molar-refractivity contribution in [3.63, 3.8) is 0 Å². The van der Waals surface area contributed by atoms with Crippen LogP contribution in [0.1, 0.15) is 22.8 Å². The molecule has 1 amide bonds. The van der Waals surface area contributed by atoms with Crippen LogP contribution in [-0.2, 0) is 9.53 Å². The maximum atomic E-state index is 12.8. The van der Waals surface area contributed by atoms with Gasteiger partial charge in [-0.15, -0.1) is 5.10 Å². The summed E-state index contributed by atoms with van der Waals surface area (Å²) in [6.07, 6.45) is 0. The van der Waals surface area contributed by atoms with Crippen molar-refractivity contribution in [2.75, 3.05) is 11.6 Å². The highest BCUT2D eigenvalue weighted by atomic mass is 16.5. The Kier molecular flexibility index (Phi) is 6.02. The molecule has 6 nitrogen and oxygen atoms in total. The Balaban J connectivity index is 2.49. The van der Waals surface area contributed by atoms with Crippen molar-refractivity contribution < 1.29 is 14.3 Å². The summed E-state index contributed by atoms with van der Waals surface area (Å²) in [6.45, 7) is 3.65. The number of amides is 1. The topological polar surface area (TPSA) is 82.8 Å². The summed E-state index contributed by atoms with van der Waals surface area (Å²) in [5, 5.41) is 14.2. The summed E-state index contributed by atoms with van der Waals surface area (Å²) in [5.41, 5.74) is 1.34. The Morgan fingerprint density at radius 2 is 1.76 bits per heavy atom. The fourth-order valence-electron chi connectivity index (χ4n) is 2.02. The van der Waals surface area contributed by atoms with Crippen LogP contribution in [0.15, 0.2) is 59.7 Å². The first kappa shape index (κ1) is 17.9. The lowest BCUT2D eigenvalue weighted by Crippen LogP contribution is -2.29. The molecule has 0 radical (unpaired) electrons. The van der Waals surface area contributed by atoms with Crippen LogP contribution in [-0.4, -0.2) is 24.2 Å². The first-order valence-electron chi connectivity index (χ1n) is 7.68. The number of ether oxygens (including phenoxy) is 1. The van der Waals surface area contributed by atoms with Gasteiger partial charge in [0.1, 0.15) is 6.07 Å². The Labute approximate surface area is 145 Å². The summed E-state index contributed by atoms with van der Waals surface area (Å²) in [5.74, 6) is -1.33. The van der Waals surface area contributed by atoms with E-state index >= 15 is 0 Å². The molecule has 0 unspecified atom stereocenters. The number of rotatable bonds is 5. The van der Waals surface area contributed by atoms with Gasteiger partial charge in [0.2, 0.25) is 5.71 Å². The molecule has 0 heterocycles. The first-order valence-corrected chi connectivity index (χ1v) is 7.68. The van der Waals surface area contributed by atoms with Gasteiger partial charge in [0.25, 0.3) is 5.91 Å². The van der Waals surface area contributed by atoms with Gasteiger partial charge in [0.15, 0.2) is 0 Å². The molecule has 0 N–H and O–H groups in total. The number of hydrogen-bond acceptors (Lipinski definition) is 5. The summed E-state index contributed by atoms with van der Waals surface area (Å²) in [7, 11) is 0. The van der Waals surface area contributed by atoms with E-state index in [1.807, 2.05) is 19.1 Å². The van der Waals surface area contributed by atoms with Crippen molar-refractivity contribution in [2.45, 2.75) is 13.8 Å². The van der Waals surface area contributed by atoms with Gasteiger partial charge in [0.05, 0.1) is 12.3 Å². The first-order chi connectivity index (χ1) is 12.1. The van der Waals surface area contributed by atoms with E-state index in [0.717, 1.165) is 10.6 Å². The minimum atomic E-state index is -0.872. The molecule has 126 valence electrons. The number of benzene rings is 2. The molecule has 25 heavy (non-hydrogen) atoms. The molecule has 0 saturated carbocycles. The lowest BCUT2D eigenvalue weighted by atomic mass is 10.2. The predicted molar refractivity (Wildman–Crippen MR) is 94.1 cm³/mol. The quantitative estimate of drug-likeness (QED) is 0.477. The van der Waals surface area contributed by atoms with E-state index in [4.69, 9.17) is 4.74 Å². The van der Waals surface area contributed by atoms with Crippen LogP contribution >= 0.6 is 0 Å². The zero-order valence-electron chi connectivity index (χ0n) is 14.0. The number of aryl methyl sites for hydroxylation is 1. The van der Waals surface area contributed by atoms with E-state index in [1.165, 1.54) is 0 Å². The van der Waals surface area contributed by atoms with Crippen molar-refractivity contribution in [2.24, 2.45) is 5.10 Å². The molecular formula is C19H17N3O3. The minimum absolute atomic E-state index is 0.108. The van der Waals surface area contributed by atoms with Crippen LogP contribution < -0.4 is 5.01 Å². The van der Waals surface area contributed by atoms with Crippen molar-refractivity contribution in [1.82, 2.24) is 0 Å². The molecular weight excluding hydrogens is 318 g/mol.